The Labute approximate surface area is 89.5 Å². The molecule has 0 spiro atoms. The first-order valence-corrected chi connectivity index (χ1v) is 5.04. The van der Waals surface area contributed by atoms with Crippen LogP contribution in [0.3, 0.4) is 0 Å². The summed E-state index contributed by atoms with van der Waals surface area (Å²) in [6, 6.07) is 7.12. The van der Waals surface area contributed by atoms with Gasteiger partial charge in [-0.1, -0.05) is 24.6 Å². The largest absolute Gasteiger partial charge is 0.292 e. The molecule has 1 rings (SSSR count). The van der Waals surface area contributed by atoms with E-state index in [2.05, 4.69) is 5.32 Å². The number of rotatable bonds is 3. The Balaban J connectivity index is 2.61. The summed E-state index contributed by atoms with van der Waals surface area (Å²) in [4.78, 5) is 22.7. The van der Waals surface area contributed by atoms with Gasteiger partial charge in [-0.15, -0.1) is 0 Å². The van der Waals surface area contributed by atoms with Gasteiger partial charge in [-0.2, -0.15) is 0 Å². The van der Waals surface area contributed by atoms with Crippen molar-refractivity contribution in [2.45, 2.75) is 26.7 Å². The Morgan fingerprint density at radius 2 is 1.80 bits per heavy atom. The molecule has 0 atom stereocenters. The van der Waals surface area contributed by atoms with Crippen molar-refractivity contribution >= 4 is 11.8 Å². The van der Waals surface area contributed by atoms with Crippen LogP contribution in [0.5, 0.6) is 0 Å². The van der Waals surface area contributed by atoms with Crippen molar-refractivity contribution in [3.05, 3.63) is 35.4 Å². The topological polar surface area (TPSA) is 46.2 Å². The molecule has 0 aliphatic carbocycles. The SMILES string of the molecule is CCCC(=O)NC(=O)c1ccc(C)cc1. The first kappa shape index (κ1) is 11.4. The summed E-state index contributed by atoms with van der Waals surface area (Å²) in [5.74, 6) is -0.545. The van der Waals surface area contributed by atoms with Crippen molar-refractivity contribution in [1.82, 2.24) is 5.32 Å². The quantitative estimate of drug-likeness (QED) is 0.820. The number of imide groups is 1. The highest BCUT2D eigenvalue weighted by Crippen LogP contribution is 2.02. The van der Waals surface area contributed by atoms with Gasteiger partial charge in [0.15, 0.2) is 0 Å². The van der Waals surface area contributed by atoms with Crippen molar-refractivity contribution in [3.8, 4) is 0 Å². The first-order chi connectivity index (χ1) is 7.13. The normalized spacial score (nSPS) is 9.73. The number of carbonyl (C=O) groups excluding carboxylic acids is 2. The van der Waals surface area contributed by atoms with E-state index in [-0.39, 0.29) is 11.8 Å². The second-order valence-electron chi connectivity index (χ2n) is 3.49. The van der Waals surface area contributed by atoms with E-state index in [4.69, 9.17) is 0 Å². The van der Waals surface area contributed by atoms with Crippen molar-refractivity contribution in [1.29, 1.82) is 0 Å². The molecule has 0 heterocycles. The summed E-state index contributed by atoms with van der Waals surface area (Å²) in [6.45, 7) is 3.85. The lowest BCUT2D eigenvalue weighted by Crippen LogP contribution is -2.29. The molecule has 0 aromatic heterocycles. The molecule has 0 bridgehead atoms. The molecule has 3 heteroatoms. The van der Waals surface area contributed by atoms with E-state index in [0.717, 1.165) is 12.0 Å². The van der Waals surface area contributed by atoms with Crippen molar-refractivity contribution in [2.24, 2.45) is 0 Å². The van der Waals surface area contributed by atoms with Gasteiger partial charge in [-0.25, -0.2) is 0 Å². The van der Waals surface area contributed by atoms with E-state index in [9.17, 15) is 9.59 Å². The highest BCUT2D eigenvalue weighted by atomic mass is 16.2. The standard InChI is InChI=1S/C12H15NO2/c1-3-4-11(14)13-12(15)10-7-5-9(2)6-8-10/h5-8H,3-4H2,1-2H3,(H,13,14,15). The third-order valence-corrected chi connectivity index (χ3v) is 2.04. The predicted octanol–water partition coefficient (Wildman–Crippen LogP) is 2.05. The van der Waals surface area contributed by atoms with E-state index >= 15 is 0 Å². The Morgan fingerprint density at radius 1 is 1.20 bits per heavy atom. The van der Waals surface area contributed by atoms with Crippen LogP contribution in [0.25, 0.3) is 0 Å². The van der Waals surface area contributed by atoms with Crippen LogP contribution >= 0.6 is 0 Å². The summed E-state index contributed by atoms with van der Waals surface area (Å²) in [5, 5.41) is 2.34. The van der Waals surface area contributed by atoms with Gasteiger partial charge in [0.25, 0.3) is 5.91 Å². The average molecular weight is 205 g/mol. The smallest absolute Gasteiger partial charge is 0.257 e. The molecule has 1 aromatic carbocycles. The molecule has 0 aliphatic heterocycles. The molecule has 1 aromatic rings. The molecule has 80 valence electrons. The molecule has 0 aliphatic rings. The van der Waals surface area contributed by atoms with Crippen LogP contribution in [0, 0.1) is 6.92 Å². The fraction of sp³-hybridized carbons (Fsp3) is 0.333. The number of benzene rings is 1. The van der Waals surface area contributed by atoms with Crippen LogP contribution in [-0.4, -0.2) is 11.8 Å². The molecule has 1 N–H and O–H groups in total. The molecule has 0 saturated carbocycles. The molecule has 0 saturated heterocycles. The van der Waals surface area contributed by atoms with Gasteiger partial charge in [0.2, 0.25) is 5.91 Å². The maximum absolute atomic E-state index is 11.5. The lowest BCUT2D eigenvalue weighted by atomic mass is 10.1. The average Bonchev–Trinajstić information content (AvgIpc) is 2.18. The highest BCUT2D eigenvalue weighted by molar-refractivity contribution is 6.04. The van der Waals surface area contributed by atoms with Gasteiger partial charge >= 0.3 is 0 Å². The summed E-state index contributed by atoms with van der Waals surface area (Å²) < 4.78 is 0. The fourth-order valence-corrected chi connectivity index (χ4v) is 1.19. The molecule has 0 radical (unpaired) electrons. The number of amides is 2. The number of hydrogen-bond donors (Lipinski definition) is 1. The number of carbonyl (C=O) groups is 2. The predicted molar refractivity (Wildman–Crippen MR) is 58.6 cm³/mol. The van der Waals surface area contributed by atoms with Crippen molar-refractivity contribution in [3.63, 3.8) is 0 Å². The minimum Gasteiger partial charge on any atom is -0.292 e. The minimum atomic E-state index is -0.326. The number of nitrogens with one attached hydrogen (secondary N) is 1. The third kappa shape index (κ3) is 3.54. The molecule has 15 heavy (non-hydrogen) atoms. The lowest BCUT2D eigenvalue weighted by Gasteiger charge is -2.03. The van der Waals surface area contributed by atoms with E-state index in [1.54, 1.807) is 12.1 Å². The summed E-state index contributed by atoms with van der Waals surface area (Å²) in [6.07, 6.45) is 1.13. The summed E-state index contributed by atoms with van der Waals surface area (Å²) >= 11 is 0. The van der Waals surface area contributed by atoms with E-state index in [1.807, 2.05) is 26.0 Å². The van der Waals surface area contributed by atoms with Crippen LogP contribution < -0.4 is 5.32 Å². The molecule has 2 amide bonds. The van der Waals surface area contributed by atoms with Crippen LogP contribution in [0.2, 0.25) is 0 Å². The molecular formula is C12H15NO2. The van der Waals surface area contributed by atoms with E-state index in [0.29, 0.717) is 12.0 Å². The Morgan fingerprint density at radius 3 is 2.33 bits per heavy atom. The zero-order valence-electron chi connectivity index (χ0n) is 9.04. The maximum atomic E-state index is 11.5. The van der Waals surface area contributed by atoms with Gasteiger partial charge in [0.1, 0.15) is 0 Å². The zero-order chi connectivity index (χ0) is 11.3. The molecule has 3 nitrogen and oxygen atoms in total. The van der Waals surface area contributed by atoms with Gasteiger partial charge in [0, 0.05) is 12.0 Å². The zero-order valence-corrected chi connectivity index (χ0v) is 9.04. The van der Waals surface area contributed by atoms with E-state index in [1.165, 1.54) is 0 Å². The van der Waals surface area contributed by atoms with Gasteiger partial charge < -0.3 is 0 Å². The molecular weight excluding hydrogens is 190 g/mol. The molecule has 0 fully saturated rings. The fourth-order valence-electron chi connectivity index (χ4n) is 1.19. The monoisotopic (exact) mass is 205 g/mol. The highest BCUT2D eigenvalue weighted by Gasteiger charge is 2.08. The maximum Gasteiger partial charge on any atom is 0.257 e. The van der Waals surface area contributed by atoms with Gasteiger partial charge in [0.05, 0.1) is 0 Å². The number of aryl methyl sites for hydroxylation is 1. The second kappa shape index (κ2) is 5.29. The Kier molecular flexibility index (Phi) is 4.03. The van der Waals surface area contributed by atoms with Crippen molar-refractivity contribution in [2.75, 3.05) is 0 Å². The molecule has 0 unspecified atom stereocenters. The Bertz CT molecular complexity index is 354. The lowest BCUT2D eigenvalue weighted by molar-refractivity contribution is -0.120. The Hall–Kier alpha value is -1.64. The van der Waals surface area contributed by atoms with Gasteiger partial charge in [-0.3, -0.25) is 14.9 Å². The van der Waals surface area contributed by atoms with Gasteiger partial charge in [-0.05, 0) is 25.5 Å². The summed E-state index contributed by atoms with van der Waals surface area (Å²) in [7, 11) is 0. The van der Waals surface area contributed by atoms with Crippen LogP contribution in [0.1, 0.15) is 35.7 Å². The summed E-state index contributed by atoms with van der Waals surface area (Å²) in [5.41, 5.74) is 1.61. The van der Waals surface area contributed by atoms with E-state index < -0.39 is 0 Å². The van der Waals surface area contributed by atoms with Crippen LogP contribution in [-0.2, 0) is 4.79 Å². The van der Waals surface area contributed by atoms with Crippen molar-refractivity contribution < 1.29 is 9.59 Å². The number of hydrogen-bond acceptors (Lipinski definition) is 2. The second-order valence-corrected chi connectivity index (χ2v) is 3.49. The van der Waals surface area contributed by atoms with Crippen LogP contribution in [0.15, 0.2) is 24.3 Å². The third-order valence-electron chi connectivity index (χ3n) is 2.04. The first-order valence-electron chi connectivity index (χ1n) is 5.04. The van der Waals surface area contributed by atoms with Crippen LogP contribution in [0.4, 0.5) is 0 Å². The minimum absolute atomic E-state index is 0.219.